The Hall–Kier alpha value is -1.63. The van der Waals surface area contributed by atoms with Gasteiger partial charge in [-0.3, -0.25) is 4.98 Å². The van der Waals surface area contributed by atoms with E-state index in [-0.39, 0.29) is 10.9 Å². The van der Waals surface area contributed by atoms with Gasteiger partial charge >= 0.3 is 12.1 Å². The Balaban J connectivity index is 2.93. The summed E-state index contributed by atoms with van der Waals surface area (Å²) in [6.07, 6.45) is -4.03. The van der Waals surface area contributed by atoms with Crippen molar-refractivity contribution in [3.8, 4) is 0 Å². The van der Waals surface area contributed by atoms with E-state index in [2.05, 4.69) is 20.9 Å². The van der Waals surface area contributed by atoms with Crippen molar-refractivity contribution in [2.75, 3.05) is 0 Å². The highest BCUT2D eigenvalue weighted by Crippen LogP contribution is 2.37. The summed E-state index contributed by atoms with van der Waals surface area (Å²) in [6.45, 7) is 0. The molecule has 1 aromatic heterocycles. The number of carboxylic acids is 1. The van der Waals surface area contributed by atoms with Crippen LogP contribution in [-0.2, 0) is 6.18 Å². The van der Waals surface area contributed by atoms with Gasteiger partial charge in [0.15, 0.2) is 0 Å². The summed E-state index contributed by atoms with van der Waals surface area (Å²) in [5.74, 6) is -1.66. The number of aromatic nitrogens is 1. The van der Waals surface area contributed by atoms with E-state index in [1.807, 2.05) is 0 Å². The second-order valence-corrected chi connectivity index (χ2v) is 4.43. The second kappa shape index (κ2) is 4.24. The Kier molecular flexibility index (Phi) is 3.02. The van der Waals surface area contributed by atoms with Gasteiger partial charge in [-0.15, -0.1) is 0 Å². The fourth-order valence-electron chi connectivity index (χ4n) is 1.63. The lowest BCUT2D eigenvalue weighted by molar-refractivity contribution is -0.136. The third kappa shape index (κ3) is 2.17. The predicted molar refractivity (Wildman–Crippen MR) is 61.4 cm³/mol. The zero-order valence-electron chi connectivity index (χ0n) is 8.62. The zero-order valence-corrected chi connectivity index (χ0v) is 10.2. The number of aromatic carboxylic acids is 1. The fraction of sp³-hybridized carbons (Fsp3) is 0.0909. The third-order valence-corrected chi connectivity index (χ3v) is 2.84. The van der Waals surface area contributed by atoms with Crippen LogP contribution in [0.5, 0.6) is 0 Å². The Labute approximate surface area is 107 Å². The lowest BCUT2D eigenvalue weighted by Gasteiger charge is -2.13. The van der Waals surface area contributed by atoms with E-state index >= 15 is 0 Å². The molecule has 2 rings (SSSR count). The van der Waals surface area contributed by atoms with E-state index in [1.165, 1.54) is 18.2 Å². The molecular formula is C11H5BrF3NO2. The topological polar surface area (TPSA) is 50.2 Å². The fourth-order valence-corrected chi connectivity index (χ4v) is 1.99. The summed E-state index contributed by atoms with van der Waals surface area (Å²) in [4.78, 5) is 14.6. The Bertz CT molecular complexity index is 640. The molecule has 0 saturated carbocycles. The zero-order chi connectivity index (χ0) is 13.5. The number of fused-ring (bicyclic) bond motifs is 1. The third-order valence-electron chi connectivity index (χ3n) is 2.34. The molecule has 0 atom stereocenters. The highest BCUT2D eigenvalue weighted by atomic mass is 79.9. The minimum Gasteiger partial charge on any atom is -0.478 e. The van der Waals surface area contributed by atoms with Crippen molar-refractivity contribution >= 4 is 32.8 Å². The van der Waals surface area contributed by atoms with Gasteiger partial charge in [-0.25, -0.2) is 4.79 Å². The average Bonchev–Trinajstić information content (AvgIpc) is 2.25. The van der Waals surface area contributed by atoms with Crippen molar-refractivity contribution in [1.82, 2.24) is 4.98 Å². The molecule has 0 aliphatic carbocycles. The summed E-state index contributed by atoms with van der Waals surface area (Å²) in [5, 5.41) is 8.57. The number of carboxylic acid groups (broad SMARTS) is 1. The molecule has 0 spiro atoms. The summed E-state index contributed by atoms with van der Waals surface area (Å²) in [5.41, 5.74) is -1.94. The predicted octanol–water partition coefficient (Wildman–Crippen LogP) is 3.71. The number of hydrogen-bond donors (Lipinski definition) is 1. The Morgan fingerprint density at radius 1 is 1.33 bits per heavy atom. The van der Waals surface area contributed by atoms with Crippen molar-refractivity contribution in [3.05, 3.63) is 40.0 Å². The van der Waals surface area contributed by atoms with E-state index in [9.17, 15) is 18.0 Å². The van der Waals surface area contributed by atoms with Crippen LogP contribution in [0.1, 0.15) is 15.9 Å². The SMILES string of the molecule is O=C(O)c1cnc2ccc(Br)cc2c1C(F)(F)F. The Morgan fingerprint density at radius 3 is 2.56 bits per heavy atom. The van der Waals surface area contributed by atoms with Crippen molar-refractivity contribution < 1.29 is 23.1 Å². The number of benzene rings is 1. The largest absolute Gasteiger partial charge is 0.478 e. The molecule has 0 radical (unpaired) electrons. The number of alkyl halides is 3. The van der Waals surface area contributed by atoms with E-state index in [0.29, 0.717) is 4.47 Å². The van der Waals surface area contributed by atoms with Gasteiger partial charge < -0.3 is 5.11 Å². The van der Waals surface area contributed by atoms with Crippen molar-refractivity contribution in [2.45, 2.75) is 6.18 Å². The molecule has 1 aromatic carbocycles. The van der Waals surface area contributed by atoms with Gasteiger partial charge in [-0.2, -0.15) is 13.2 Å². The molecule has 0 saturated heterocycles. The van der Waals surface area contributed by atoms with Gasteiger partial charge in [0.1, 0.15) is 0 Å². The lowest BCUT2D eigenvalue weighted by atomic mass is 10.0. The number of pyridine rings is 1. The molecule has 0 aliphatic rings. The summed E-state index contributed by atoms with van der Waals surface area (Å²) < 4.78 is 39.3. The van der Waals surface area contributed by atoms with E-state index < -0.39 is 23.3 Å². The molecule has 94 valence electrons. The maximum Gasteiger partial charge on any atom is 0.417 e. The maximum absolute atomic E-state index is 13.0. The first kappa shape index (κ1) is 12.8. The molecule has 3 nitrogen and oxygen atoms in total. The smallest absolute Gasteiger partial charge is 0.417 e. The highest BCUT2D eigenvalue weighted by molar-refractivity contribution is 9.10. The van der Waals surface area contributed by atoms with Gasteiger partial charge in [0.05, 0.1) is 16.6 Å². The lowest BCUT2D eigenvalue weighted by Crippen LogP contribution is -2.14. The molecule has 1 N–H and O–H groups in total. The quantitative estimate of drug-likeness (QED) is 0.871. The number of hydrogen-bond acceptors (Lipinski definition) is 2. The maximum atomic E-state index is 13.0. The summed E-state index contributed by atoms with van der Waals surface area (Å²) >= 11 is 3.05. The second-order valence-electron chi connectivity index (χ2n) is 3.51. The normalized spacial score (nSPS) is 11.8. The van der Waals surface area contributed by atoms with Crippen molar-refractivity contribution in [1.29, 1.82) is 0 Å². The van der Waals surface area contributed by atoms with Crippen LogP contribution < -0.4 is 0 Å². The molecular weight excluding hydrogens is 315 g/mol. The molecule has 18 heavy (non-hydrogen) atoms. The minimum atomic E-state index is -4.75. The van der Waals surface area contributed by atoms with E-state index in [0.717, 1.165) is 6.20 Å². The average molecular weight is 320 g/mol. The number of rotatable bonds is 1. The van der Waals surface area contributed by atoms with E-state index in [4.69, 9.17) is 5.11 Å². The molecule has 0 unspecified atom stereocenters. The van der Waals surface area contributed by atoms with Crippen LogP contribution >= 0.6 is 15.9 Å². The minimum absolute atomic E-state index is 0.0931. The van der Waals surface area contributed by atoms with Crippen LogP contribution in [0, 0.1) is 0 Å². The number of nitrogens with zero attached hydrogens (tertiary/aromatic N) is 1. The first-order chi connectivity index (χ1) is 8.30. The monoisotopic (exact) mass is 319 g/mol. The Morgan fingerprint density at radius 2 is 2.00 bits per heavy atom. The highest BCUT2D eigenvalue weighted by Gasteiger charge is 2.37. The van der Waals surface area contributed by atoms with Gasteiger partial charge in [0, 0.05) is 16.1 Å². The van der Waals surface area contributed by atoms with Crippen LogP contribution in [0.2, 0.25) is 0 Å². The molecule has 0 fully saturated rings. The molecule has 0 bridgehead atoms. The van der Waals surface area contributed by atoms with Gasteiger partial charge in [0.2, 0.25) is 0 Å². The number of halogens is 4. The summed E-state index contributed by atoms with van der Waals surface area (Å²) in [7, 11) is 0. The van der Waals surface area contributed by atoms with Crippen LogP contribution in [0.4, 0.5) is 13.2 Å². The van der Waals surface area contributed by atoms with Crippen LogP contribution in [-0.4, -0.2) is 16.1 Å². The summed E-state index contributed by atoms with van der Waals surface area (Å²) in [6, 6.07) is 4.13. The van der Waals surface area contributed by atoms with Crippen LogP contribution in [0.15, 0.2) is 28.9 Å². The molecule has 0 amide bonds. The van der Waals surface area contributed by atoms with E-state index in [1.54, 1.807) is 0 Å². The molecule has 1 heterocycles. The number of carbonyl (C=O) groups is 1. The molecule has 2 aromatic rings. The van der Waals surface area contributed by atoms with Gasteiger partial charge in [-0.05, 0) is 18.2 Å². The van der Waals surface area contributed by atoms with Crippen molar-refractivity contribution in [3.63, 3.8) is 0 Å². The van der Waals surface area contributed by atoms with Gasteiger partial charge in [-0.1, -0.05) is 15.9 Å². The van der Waals surface area contributed by atoms with Crippen LogP contribution in [0.25, 0.3) is 10.9 Å². The molecule has 0 aliphatic heterocycles. The van der Waals surface area contributed by atoms with Gasteiger partial charge in [0.25, 0.3) is 0 Å². The van der Waals surface area contributed by atoms with Crippen molar-refractivity contribution in [2.24, 2.45) is 0 Å². The first-order valence-corrected chi connectivity index (χ1v) is 5.49. The standard InChI is InChI=1S/C11H5BrF3NO2/c12-5-1-2-8-6(3-5)9(11(13,14)15)7(4-16-8)10(17)18/h1-4H,(H,17,18). The first-order valence-electron chi connectivity index (χ1n) is 4.69. The van der Waals surface area contributed by atoms with Crippen LogP contribution in [0.3, 0.4) is 0 Å². The molecule has 7 heteroatoms.